The highest BCUT2D eigenvalue weighted by atomic mass is 32.2. The molecule has 11 heteroatoms. The van der Waals surface area contributed by atoms with Crippen LogP contribution in [0.25, 0.3) is 5.69 Å². The molecule has 0 aliphatic heterocycles. The van der Waals surface area contributed by atoms with E-state index in [2.05, 4.69) is 5.10 Å². The molecule has 0 spiro atoms. The van der Waals surface area contributed by atoms with Crippen molar-refractivity contribution in [1.29, 1.82) is 0 Å². The molecule has 1 aromatic heterocycles. The van der Waals surface area contributed by atoms with Gasteiger partial charge in [0.05, 0.1) is 5.69 Å². The minimum Gasteiger partial charge on any atom is -0.379 e. The van der Waals surface area contributed by atoms with Crippen LogP contribution in [-0.4, -0.2) is 36.8 Å². The molecule has 1 N–H and O–H groups in total. The van der Waals surface area contributed by atoms with Crippen LogP contribution in [0, 0.1) is 0 Å². The van der Waals surface area contributed by atoms with Gasteiger partial charge in [0, 0.05) is 18.0 Å². The average Bonchev–Trinajstić information content (AvgIpc) is 3.21. The summed E-state index contributed by atoms with van der Waals surface area (Å²) in [5.41, 5.74) is 0.589. The standard InChI is InChI=1S/C18H14F3N3O4S/c19-18(20,21)12-22-17(25)13-2-8-16(9-3-13)29(26,27)28-15-6-4-14(5-7-15)24-11-1-10-23-24/h1-11H,12H2,(H,22,25). The number of aromatic nitrogens is 2. The van der Waals surface area contributed by atoms with Crippen molar-refractivity contribution < 1.29 is 30.6 Å². The molecule has 0 saturated heterocycles. The summed E-state index contributed by atoms with van der Waals surface area (Å²) in [6, 6.07) is 12.2. The number of rotatable bonds is 6. The van der Waals surface area contributed by atoms with Crippen LogP contribution in [0.1, 0.15) is 10.4 Å². The van der Waals surface area contributed by atoms with E-state index < -0.39 is 28.7 Å². The summed E-state index contributed by atoms with van der Waals surface area (Å²) in [4.78, 5) is 11.4. The molecule has 152 valence electrons. The highest BCUT2D eigenvalue weighted by Crippen LogP contribution is 2.21. The molecule has 0 saturated carbocycles. The van der Waals surface area contributed by atoms with Crippen molar-refractivity contribution in [2.45, 2.75) is 11.1 Å². The van der Waals surface area contributed by atoms with Crippen LogP contribution in [-0.2, 0) is 10.1 Å². The van der Waals surface area contributed by atoms with Gasteiger partial charge in [-0.1, -0.05) is 0 Å². The fourth-order valence-electron chi connectivity index (χ4n) is 2.31. The number of hydrogen-bond donors (Lipinski definition) is 1. The monoisotopic (exact) mass is 425 g/mol. The zero-order valence-corrected chi connectivity index (χ0v) is 15.4. The lowest BCUT2D eigenvalue weighted by atomic mass is 10.2. The summed E-state index contributed by atoms with van der Waals surface area (Å²) in [5, 5.41) is 5.75. The van der Waals surface area contributed by atoms with Crippen LogP contribution in [0.4, 0.5) is 13.2 Å². The molecule has 1 heterocycles. The SMILES string of the molecule is O=C(NCC(F)(F)F)c1ccc(S(=O)(=O)Oc2ccc(-n3cccn3)cc2)cc1. The molecular formula is C18H14F3N3O4S. The molecule has 7 nitrogen and oxygen atoms in total. The quantitative estimate of drug-likeness (QED) is 0.614. The molecule has 0 atom stereocenters. The van der Waals surface area contributed by atoms with E-state index in [1.165, 1.54) is 12.1 Å². The van der Waals surface area contributed by atoms with E-state index in [-0.39, 0.29) is 16.2 Å². The first kappa shape index (κ1) is 20.4. The second-order valence-electron chi connectivity index (χ2n) is 5.80. The Balaban J connectivity index is 1.68. The van der Waals surface area contributed by atoms with E-state index in [1.807, 2.05) is 0 Å². The molecule has 0 aliphatic rings. The number of nitrogens with zero attached hydrogens (tertiary/aromatic N) is 2. The summed E-state index contributed by atoms with van der Waals surface area (Å²) in [7, 11) is -4.19. The van der Waals surface area contributed by atoms with Gasteiger partial charge in [-0.15, -0.1) is 0 Å². The highest BCUT2D eigenvalue weighted by Gasteiger charge is 2.28. The number of halogens is 3. The van der Waals surface area contributed by atoms with Gasteiger partial charge in [-0.3, -0.25) is 4.79 Å². The smallest absolute Gasteiger partial charge is 0.379 e. The molecule has 0 aliphatic carbocycles. The van der Waals surface area contributed by atoms with E-state index in [9.17, 15) is 26.4 Å². The molecule has 3 rings (SSSR count). The average molecular weight is 425 g/mol. The van der Waals surface area contributed by atoms with E-state index >= 15 is 0 Å². The van der Waals surface area contributed by atoms with E-state index in [4.69, 9.17) is 4.18 Å². The lowest BCUT2D eigenvalue weighted by molar-refractivity contribution is -0.123. The minimum atomic E-state index is -4.54. The van der Waals surface area contributed by atoms with Crippen LogP contribution >= 0.6 is 0 Å². The lowest BCUT2D eigenvalue weighted by Crippen LogP contribution is -2.33. The molecule has 29 heavy (non-hydrogen) atoms. The second kappa shape index (κ2) is 7.95. The molecule has 1 amide bonds. The van der Waals surface area contributed by atoms with Crippen molar-refractivity contribution in [3.8, 4) is 11.4 Å². The highest BCUT2D eigenvalue weighted by molar-refractivity contribution is 7.87. The molecule has 3 aromatic rings. The molecular weight excluding hydrogens is 411 g/mol. The Labute approximate surface area is 163 Å². The van der Waals surface area contributed by atoms with Crippen molar-refractivity contribution in [2.24, 2.45) is 0 Å². The Bertz CT molecular complexity index is 1080. The van der Waals surface area contributed by atoms with Gasteiger partial charge in [0.15, 0.2) is 0 Å². The van der Waals surface area contributed by atoms with Gasteiger partial charge in [0.2, 0.25) is 0 Å². The van der Waals surface area contributed by atoms with Crippen molar-refractivity contribution in [1.82, 2.24) is 15.1 Å². The number of carbonyl (C=O) groups is 1. The number of alkyl halides is 3. The van der Waals surface area contributed by atoms with Crippen molar-refractivity contribution in [2.75, 3.05) is 6.54 Å². The second-order valence-corrected chi connectivity index (χ2v) is 7.35. The van der Waals surface area contributed by atoms with Gasteiger partial charge in [-0.05, 0) is 54.6 Å². The summed E-state index contributed by atoms with van der Waals surface area (Å²) >= 11 is 0. The Morgan fingerprint density at radius 2 is 1.72 bits per heavy atom. The van der Waals surface area contributed by atoms with E-state index in [0.717, 1.165) is 24.3 Å². The third kappa shape index (κ3) is 5.35. The third-order valence-corrected chi connectivity index (χ3v) is 4.93. The normalized spacial score (nSPS) is 11.8. The lowest BCUT2D eigenvalue weighted by Gasteiger charge is -2.10. The van der Waals surface area contributed by atoms with Gasteiger partial charge < -0.3 is 9.50 Å². The number of carbonyl (C=O) groups excluding carboxylic acids is 1. The molecule has 0 fully saturated rings. The molecule has 0 bridgehead atoms. The predicted octanol–water partition coefficient (Wildman–Crippen LogP) is 2.93. The molecule has 0 radical (unpaired) electrons. The van der Waals surface area contributed by atoms with Crippen LogP contribution < -0.4 is 9.50 Å². The number of nitrogens with one attached hydrogen (secondary N) is 1. The van der Waals surface area contributed by atoms with Gasteiger partial charge in [0.25, 0.3) is 5.91 Å². The number of benzene rings is 2. The first-order chi connectivity index (χ1) is 13.6. The number of amides is 1. The van der Waals surface area contributed by atoms with Crippen LogP contribution in [0.15, 0.2) is 71.9 Å². The van der Waals surface area contributed by atoms with Crippen molar-refractivity contribution in [3.05, 3.63) is 72.6 Å². The van der Waals surface area contributed by atoms with Crippen LogP contribution in [0.3, 0.4) is 0 Å². The summed E-state index contributed by atoms with van der Waals surface area (Å²) in [6.45, 7) is -1.48. The maximum absolute atomic E-state index is 12.4. The minimum absolute atomic E-state index is 0.0629. The zero-order valence-electron chi connectivity index (χ0n) is 14.6. The Kier molecular flexibility index (Phi) is 5.59. The fraction of sp³-hybridized carbons (Fsp3) is 0.111. The summed E-state index contributed by atoms with van der Waals surface area (Å²) in [5.74, 6) is -0.908. The summed E-state index contributed by atoms with van der Waals surface area (Å²) < 4.78 is 67.8. The maximum atomic E-state index is 12.4. The number of hydrogen-bond acceptors (Lipinski definition) is 5. The van der Waals surface area contributed by atoms with Gasteiger partial charge in [-0.2, -0.15) is 26.7 Å². The Morgan fingerprint density at radius 1 is 1.07 bits per heavy atom. The topological polar surface area (TPSA) is 90.3 Å². The first-order valence-electron chi connectivity index (χ1n) is 8.14. The van der Waals surface area contributed by atoms with Crippen molar-refractivity contribution >= 4 is 16.0 Å². The first-order valence-corrected chi connectivity index (χ1v) is 9.54. The van der Waals surface area contributed by atoms with Gasteiger partial charge in [0.1, 0.15) is 17.2 Å². The third-order valence-electron chi connectivity index (χ3n) is 3.67. The van der Waals surface area contributed by atoms with Crippen LogP contribution in [0.5, 0.6) is 5.75 Å². The maximum Gasteiger partial charge on any atom is 0.405 e. The summed E-state index contributed by atoms with van der Waals surface area (Å²) in [6.07, 6.45) is -1.22. The fourth-order valence-corrected chi connectivity index (χ4v) is 3.24. The van der Waals surface area contributed by atoms with Gasteiger partial charge in [-0.25, -0.2) is 4.68 Å². The van der Waals surface area contributed by atoms with Crippen molar-refractivity contribution in [3.63, 3.8) is 0 Å². The van der Waals surface area contributed by atoms with Crippen LogP contribution in [0.2, 0.25) is 0 Å². The zero-order chi connectivity index (χ0) is 21.1. The predicted molar refractivity (Wildman–Crippen MR) is 96.2 cm³/mol. The molecule has 2 aromatic carbocycles. The largest absolute Gasteiger partial charge is 0.405 e. The van der Waals surface area contributed by atoms with E-state index in [0.29, 0.717) is 5.69 Å². The molecule has 0 unspecified atom stereocenters. The van der Waals surface area contributed by atoms with Gasteiger partial charge >= 0.3 is 16.3 Å². The van der Waals surface area contributed by atoms with E-state index in [1.54, 1.807) is 40.6 Å². The Morgan fingerprint density at radius 3 is 2.28 bits per heavy atom. The Hall–Kier alpha value is -3.34.